The number of carbonyl (C=O) groups excluding carboxylic acids is 2. The summed E-state index contributed by atoms with van der Waals surface area (Å²) in [7, 11) is -1.68. The van der Waals surface area contributed by atoms with E-state index in [1.165, 1.54) is 18.2 Å². The first-order valence-corrected chi connectivity index (χ1v) is 10.7. The van der Waals surface area contributed by atoms with Crippen molar-refractivity contribution in [2.75, 3.05) is 13.2 Å². The van der Waals surface area contributed by atoms with E-state index in [1.807, 2.05) is 0 Å². The average Bonchev–Trinajstić information content (AvgIpc) is 2.48. The fourth-order valence-electron chi connectivity index (χ4n) is 1.53. The van der Waals surface area contributed by atoms with E-state index in [2.05, 4.69) is 6.58 Å². The SMILES string of the molecule is C=CCOC(=O)c1ccccc1C(=O)OCCC[SiH](Cl)Cl. The number of hydrogen-bond donors (Lipinski definition) is 0. The van der Waals surface area contributed by atoms with Crippen LogP contribution in [0.4, 0.5) is 0 Å². The Balaban J connectivity index is 2.66. The molecule has 4 nitrogen and oxygen atoms in total. The van der Waals surface area contributed by atoms with Gasteiger partial charge in [-0.1, -0.05) is 24.8 Å². The molecule has 0 aliphatic rings. The van der Waals surface area contributed by atoms with Crippen molar-refractivity contribution in [2.45, 2.75) is 12.5 Å². The van der Waals surface area contributed by atoms with Gasteiger partial charge in [0.15, 0.2) is 0 Å². The van der Waals surface area contributed by atoms with Crippen LogP contribution in [-0.4, -0.2) is 32.6 Å². The Morgan fingerprint density at radius 2 is 1.71 bits per heavy atom. The third kappa shape index (κ3) is 6.33. The second-order valence-electron chi connectivity index (χ2n) is 4.10. The Bertz CT molecular complexity index is 506. The van der Waals surface area contributed by atoms with Crippen LogP contribution in [0, 0.1) is 0 Å². The number of carbonyl (C=O) groups is 2. The number of benzene rings is 1. The van der Waals surface area contributed by atoms with E-state index >= 15 is 0 Å². The third-order valence-corrected chi connectivity index (χ3v) is 4.65. The van der Waals surface area contributed by atoms with Gasteiger partial charge in [0.25, 0.3) is 0 Å². The lowest BCUT2D eigenvalue weighted by Gasteiger charge is -2.09. The molecule has 21 heavy (non-hydrogen) atoms. The molecule has 0 bridgehead atoms. The van der Waals surface area contributed by atoms with Crippen LogP contribution in [0.2, 0.25) is 6.04 Å². The first kappa shape index (κ1) is 17.7. The van der Waals surface area contributed by atoms with Crippen LogP contribution in [0.15, 0.2) is 36.9 Å². The minimum Gasteiger partial charge on any atom is -0.462 e. The smallest absolute Gasteiger partial charge is 0.339 e. The van der Waals surface area contributed by atoms with E-state index in [9.17, 15) is 9.59 Å². The average molecular weight is 347 g/mol. The summed E-state index contributed by atoms with van der Waals surface area (Å²) in [5, 5.41) is 0. The minimum atomic E-state index is -1.68. The van der Waals surface area contributed by atoms with Gasteiger partial charge in [-0.05, 0) is 24.6 Å². The molecule has 0 fully saturated rings. The Kier molecular flexibility index (Phi) is 8.11. The summed E-state index contributed by atoms with van der Waals surface area (Å²) in [5.41, 5.74) is 0.350. The molecule has 1 aromatic carbocycles. The van der Waals surface area contributed by atoms with E-state index in [1.54, 1.807) is 12.1 Å². The summed E-state index contributed by atoms with van der Waals surface area (Å²) in [6.07, 6.45) is 2.07. The molecule has 0 saturated carbocycles. The molecule has 114 valence electrons. The van der Waals surface area contributed by atoms with E-state index in [0.29, 0.717) is 12.5 Å². The van der Waals surface area contributed by atoms with Gasteiger partial charge in [0.05, 0.1) is 17.7 Å². The molecule has 1 aromatic rings. The lowest BCUT2D eigenvalue weighted by molar-refractivity contribution is 0.0475. The van der Waals surface area contributed by atoms with Crippen LogP contribution in [0.25, 0.3) is 0 Å². The lowest BCUT2D eigenvalue weighted by atomic mass is 10.1. The number of hydrogen-bond acceptors (Lipinski definition) is 4. The highest BCUT2D eigenvalue weighted by Crippen LogP contribution is 2.13. The van der Waals surface area contributed by atoms with Gasteiger partial charge in [0.1, 0.15) is 6.61 Å². The van der Waals surface area contributed by atoms with Crippen molar-refractivity contribution in [2.24, 2.45) is 0 Å². The van der Waals surface area contributed by atoms with Crippen LogP contribution < -0.4 is 0 Å². The summed E-state index contributed by atoms with van der Waals surface area (Å²) in [6, 6.07) is 7.01. The largest absolute Gasteiger partial charge is 0.462 e. The summed E-state index contributed by atoms with van der Waals surface area (Å²) < 4.78 is 10.0. The standard InChI is InChI=1S/C14H16Cl2O4Si/c1-2-8-19-13(17)11-6-3-4-7-12(11)14(18)20-9-5-10-21(15)16/h2-4,6-7,21H,1,5,8-10H2. The van der Waals surface area contributed by atoms with E-state index in [4.69, 9.17) is 31.6 Å². The summed E-state index contributed by atoms with van der Waals surface area (Å²) in [6.45, 7) is 3.76. The van der Waals surface area contributed by atoms with Crippen LogP contribution in [-0.2, 0) is 9.47 Å². The normalized spacial score (nSPS) is 10.2. The van der Waals surface area contributed by atoms with Crippen molar-refractivity contribution in [1.29, 1.82) is 0 Å². The van der Waals surface area contributed by atoms with Crippen molar-refractivity contribution < 1.29 is 19.1 Å². The predicted molar refractivity (Wildman–Crippen MR) is 85.5 cm³/mol. The van der Waals surface area contributed by atoms with E-state index < -0.39 is 19.4 Å². The van der Waals surface area contributed by atoms with Gasteiger partial charge >= 0.3 is 11.9 Å². The summed E-state index contributed by atoms with van der Waals surface area (Å²) in [5.74, 6) is -1.15. The van der Waals surface area contributed by atoms with E-state index in [0.717, 1.165) is 0 Å². The molecule has 0 aliphatic carbocycles. The first-order valence-electron chi connectivity index (χ1n) is 6.38. The molecule has 0 atom stereocenters. The van der Waals surface area contributed by atoms with Gasteiger partial charge < -0.3 is 9.47 Å². The first-order chi connectivity index (χ1) is 10.1. The second-order valence-corrected chi connectivity index (χ2v) is 9.29. The van der Waals surface area contributed by atoms with Crippen molar-refractivity contribution in [3.8, 4) is 0 Å². The van der Waals surface area contributed by atoms with Gasteiger partial charge in [-0.15, -0.1) is 0 Å². The van der Waals surface area contributed by atoms with Crippen LogP contribution in [0.5, 0.6) is 0 Å². The molecule has 0 saturated heterocycles. The highest BCUT2D eigenvalue weighted by atomic mass is 35.7. The molecule has 0 radical (unpaired) electrons. The lowest BCUT2D eigenvalue weighted by Crippen LogP contribution is -2.14. The molecular formula is C14H16Cl2O4Si. The van der Waals surface area contributed by atoms with Crippen LogP contribution in [0.1, 0.15) is 27.1 Å². The fourth-order valence-corrected chi connectivity index (χ4v) is 2.93. The van der Waals surface area contributed by atoms with Gasteiger partial charge in [0, 0.05) is 0 Å². The number of ether oxygens (including phenoxy) is 2. The number of halogens is 2. The van der Waals surface area contributed by atoms with Gasteiger partial charge in [-0.3, -0.25) is 0 Å². The summed E-state index contributed by atoms with van der Waals surface area (Å²) >= 11 is 11.4. The van der Waals surface area contributed by atoms with Crippen molar-refractivity contribution >= 4 is 41.5 Å². The minimum absolute atomic E-state index is 0.0830. The topological polar surface area (TPSA) is 52.6 Å². The Morgan fingerprint density at radius 3 is 2.24 bits per heavy atom. The maximum absolute atomic E-state index is 12.0. The third-order valence-electron chi connectivity index (χ3n) is 2.50. The summed E-state index contributed by atoms with van der Waals surface area (Å²) in [4.78, 5) is 23.8. The highest BCUT2D eigenvalue weighted by Gasteiger charge is 2.18. The maximum Gasteiger partial charge on any atom is 0.339 e. The Morgan fingerprint density at radius 1 is 1.14 bits per heavy atom. The second kappa shape index (κ2) is 9.60. The van der Waals surface area contributed by atoms with Gasteiger partial charge in [0.2, 0.25) is 7.42 Å². The van der Waals surface area contributed by atoms with Crippen LogP contribution in [0.3, 0.4) is 0 Å². The number of rotatable bonds is 8. The molecule has 0 spiro atoms. The zero-order chi connectivity index (χ0) is 15.7. The molecular weight excluding hydrogens is 331 g/mol. The molecule has 0 heterocycles. The molecule has 0 unspecified atom stereocenters. The molecule has 0 N–H and O–H groups in total. The quantitative estimate of drug-likeness (QED) is 0.238. The van der Waals surface area contributed by atoms with Gasteiger partial charge in [-0.2, -0.15) is 22.2 Å². The Labute approximate surface area is 134 Å². The van der Waals surface area contributed by atoms with Crippen molar-refractivity contribution in [3.05, 3.63) is 48.0 Å². The van der Waals surface area contributed by atoms with Crippen LogP contribution >= 0.6 is 22.2 Å². The molecule has 0 aliphatic heterocycles. The Hall–Kier alpha value is -1.30. The van der Waals surface area contributed by atoms with E-state index in [-0.39, 0.29) is 24.3 Å². The van der Waals surface area contributed by atoms with Gasteiger partial charge in [-0.25, -0.2) is 9.59 Å². The molecule has 7 heteroatoms. The zero-order valence-electron chi connectivity index (χ0n) is 11.4. The molecule has 1 rings (SSSR count). The monoisotopic (exact) mass is 346 g/mol. The molecule has 0 amide bonds. The number of esters is 2. The molecule has 0 aromatic heterocycles. The predicted octanol–water partition coefficient (Wildman–Crippen LogP) is 3.27. The van der Waals surface area contributed by atoms with Crippen molar-refractivity contribution in [1.82, 2.24) is 0 Å². The van der Waals surface area contributed by atoms with Crippen molar-refractivity contribution in [3.63, 3.8) is 0 Å². The zero-order valence-corrected chi connectivity index (χ0v) is 14.1. The maximum atomic E-state index is 12.0. The highest BCUT2D eigenvalue weighted by molar-refractivity contribution is 7.33. The fraction of sp³-hybridized carbons (Fsp3) is 0.286.